The highest BCUT2D eigenvalue weighted by Crippen LogP contribution is 2.24. The van der Waals surface area contributed by atoms with Crippen LogP contribution < -0.4 is 19.1 Å². The van der Waals surface area contributed by atoms with Gasteiger partial charge in [-0.3, -0.25) is 13.9 Å². The van der Waals surface area contributed by atoms with Gasteiger partial charge in [-0.15, -0.1) is 0 Å². The minimum atomic E-state index is -3.84. The van der Waals surface area contributed by atoms with E-state index in [1.54, 1.807) is 56.5 Å². The van der Waals surface area contributed by atoms with E-state index in [1.165, 1.54) is 4.90 Å². The van der Waals surface area contributed by atoms with E-state index in [2.05, 4.69) is 5.32 Å². The minimum absolute atomic E-state index is 0.107. The maximum atomic E-state index is 13.8. The number of ether oxygens (including phenoxy) is 2. The number of carbonyl (C=O) groups is 2. The van der Waals surface area contributed by atoms with Crippen LogP contribution in [0.1, 0.15) is 31.4 Å². The molecule has 0 bridgehead atoms. The highest BCUT2D eigenvalue weighted by Gasteiger charge is 2.31. The molecule has 9 nitrogen and oxygen atoms in total. The Balaban J connectivity index is 1.85. The van der Waals surface area contributed by atoms with Crippen molar-refractivity contribution in [2.75, 3.05) is 30.8 Å². The van der Waals surface area contributed by atoms with Gasteiger partial charge in [0.25, 0.3) is 0 Å². The second-order valence-electron chi connectivity index (χ2n) is 9.23. The fourth-order valence-electron chi connectivity index (χ4n) is 4.24. The Hall–Kier alpha value is -4.05. The monoisotopic (exact) mass is 567 g/mol. The SMILES string of the molecule is CCNC(=O)C(CC)N(Cc1cccc(OC)c1)C(=O)CN(c1ccc(OCc2ccccc2)cc1)S(C)(=O)=O. The van der Waals surface area contributed by atoms with Crippen LogP contribution in [0.4, 0.5) is 5.69 Å². The van der Waals surface area contributed by atoms with Crippen molar-refractivity contribution in [2.45, 2.75) is 39.5 Å². The Bertz CT molecular complexity index is 1360. The van der Waals surface area contributed by atoms with Crippen molar-refractivity contribution in [1.82, 2.24) is 10.2 Å². The van der Waals surface area contributed by atoms with Crippen molar-refractivity contribution in [2.24, 2.45) is 0 Å². The molecule has 0 heterocycles. The summed E-state index contributed by atoms with van der Waals surface area (Å²) in [7, 11) is -2.29. The molecule has 0 radical (unpaired) electrons. The van der Waals surface area contributed by atoms with Crippen molar-refractivity contribution in [1.29, 1.82) is 0 Å². The van der Waals surface area contributed by atoms with Gasteiger partial charge in [0.05, 0.1) is 19.1 Å². The second kappa shape index (κ2) is 14.4. The molecule has 3 aromatic carbocycles. The predicted octanol–water partition coefficient (Wildman–Crippen LogP) is 3.98. The number of amides is 2. The summed E-state index contributed by atoms with van der Waals surface area (Å²) in [5, 5.41) is 2.78. The summed E-state index contributed by atoms with van der Waals surface area (Å²) in [4.78, 5) is 28.1. The van der Waals surface area contributed by atoms with Crippen LogP contribution in [-0.4, -0.2) is 57.6 Å². The third-order valence-corrected chi connectivity index (χ3v) is 7.42. The third kappa shape index (κ3) is 8.47. The van der Waals surface area contributed by atoms with E-state index in [1.807, 2.05) is 43.3 Å². The van der Waals surface area contributed by atoms with Gasteiger partial charge in [-0.2, -0.15) is 0 Å². The van der Waals surface area contributed by atoms with Gasteiger partial charge >= 0.3 is 0 Å². The largest absolute Gasteiger partial charge is 0.497 e. The zero-order chi connectivity index (χ0) is 29.1. The Labute approximate surface area is 236 Å². The zero-order valence-corrected chi connectivity index (χ0v) is 24.2. The van der Waals surface area contributed by atoms with Crippen molar-refractivity contribution in [3.63, 3.8) is 0 Å². The van der Waals surface area contributed by atoms with Crippen LogP contribution in [0.5, 0.6) is 11.5 Å². The Morgan fingerprint density at radius 2 is 1.57 bits per heavy atom. The highest BCUT2D eigenvalue weighted by atomic mass is 32.2. The van der Waals surface area contributed by atoms with Gasteiger partial charge in [-0.1, -0.05) is 49.4 Å². The van der Waals surface area contributed by atoms with Crippen LogP contribution in [0, 0.1) is 0 Å². The first-order valence-electron chi connectivity index (χ1n) is 13.1. The minimum Gasteiger partial charge on any atom is -0.497 e. The van der Waals surface area contributed by atoms with E-state index in [0.29, 0.717) is 36.8 Å². The number of hydrogen-bond donors (Lipinski definition) is 1. The van der Waals surface area contributed by atoms with E-state index in [0.717, 1.165) is 21.7 Å². The number of benzene rings is 3. The first-order chi connectivity index (χ1) is 19.2. The first kappa shape index (κ1) is 30.5. The molecule has 0 aliphatic carbocycles. The molecule has 0 saturated carbocycles. The molecule has 0 fully saturated rings. The lowest BCUT2D eigenvalue weighted by Gasteiger charge is -2.32. The number of nitrogens with one attached hydrogen (secondary N) is 1. The van der Waals surface area contributed by atoms with Gasteiger partial charge in [0.15, 0.2) is 0 Å². The summed E-state index contributed by atoms with van der Waals surface area (Å²) >= 11 is 0. The molecule has 3 aromatic rings. The van der Waals surface area contributed by atoms with E-state index in [-0.39, 0.29) is 12.5 Å². The fourth-order valence-corrected chi connectivity index (χ4v) is 5.09. The van der Waals surface area contributed by atoms with Gasteiger partial charge in [0.1, 0.15) is 30.7 Å². The van der Waals surface area contributed by atoms with E-state index in [9.17, 15) is 18.0 Å². The standard InChI is InChI=1S/C30H37N3O6S/c1-5-28(30(35)31-6-2)32(20-24-13-10-14-27(19-24)38-3)29(34)21-33(40(4,36)37)25-15-17-26(18-16-25)39-22-23-11-8-7-9-12-23/h7-19,28H,5-6,20-22H2,1-4H3,(H,31,35). The number of likely N-dealkylation sites (N-methyl/N-ethyl adjacent to an activating group) is 1. The number of nitrogens with zero attached hydrogens (tertiary/aromatic N) is 2. The van der Waals surface area contributed by atoms with Gasteiger partial charge in [-0.05, 0) is 60.9 Å². The molecule has 2 amide bonds. The van der Waals surface area contributed by atoms with Gasteiger partial charge in [0.2, 0.25) is 21.8 Å². The fraction of sp³-hybridized carbons (Fsp3) is 0.333. The van der Waals surface area contributed by atoms with Gasteiger partial charge in [-0.25, -0.2) is 8.42 Å². The average Bonchev–Trinajstić information content (AvgIpc) is 2.95. The van der Waals surface area contributed by atoms with Crippen LogP contribution in [0.3, 0.4) is 0 Å². The van der Waals surface area contributed by atoms with E-state index >= 15 is 0 Å². The molecule has 0 spiro atoms. The summed E-state index contributed by atoms with van der Waals surface area (Å²) in [5.41, 5.74) is 2.07. The summed E-state index contributed by atoms with van der Waals surface area (Å²) in [5.74, 6) is 0.375. The quantitative estimate of drug-likeness (QED) is 0.316. The molecule has 3 rings (SSSR count). The number of hydrogen-bond acceptors (Lipinski definition) is 6. The number of carbonyl (C=O) groups excluding carboxylic acids is 2. The third-order valence-electron chi connectivity index (χ3n) is 6.28. The van der Waals surface area contributed by atoms with Gasteiger partial charge < -0.3 is 19.7 Å². The Morgan fingerprint density at radius 3 is 2.17 bits per heavy atom. The van der Waals surface area contributed by atoms with Gasteiger partial charge in [0, 0.05) is 13.1 Å². The van der Waals surface area contributed by atoms with E-state index < -0.39 is 28.5 Å². The molecule has 40 heavy (non-hydrogen) atoms. The summed E-state index contributed by atoms with van der Waals surface area (Å²) < 4.78 is 37.8. The molecule has 1 unspecified atom stereocenters. The molecular formula is C30H37N3O6S. The lowest BCUT2D eigenvalue weighted by atomic mass is 10.1. The molecule has 1 atom stereocenters. The summed E-state index contributed by atoms with van der Waals surface area (Å²) in [6.07, 6.45) is 1.40. The van der Waals surface area contributed by atoms with Crippen LogP contribution in [0.15, 0.2) is 78.9 Å². The van der Waals surface area contributed by atoms with Crippen molar-refractivity contribution < 1.29 is 27.5 Å². The number of sulfonamides is 1. The summed E-state index contributed by atoms with van der Waals surface area (Å²) in [6.45, 7) is 4.03. The van der Waals surface area contributed by atoms with Crippen LogP contribution >= 0.6 is 0 Å². The smallest absolute Gasteiger partial charge is 0.244 e. The molecule has 10 heteroatoms. The Kier molecular flexibility index (Phi) is 11.0. The molecule has 1 N–H and O–H groups in total. The molecule has 0 saturated heterocycles. The maximum absolute atomic E-state index is 13.8. The van der Waals surface area contributed by atoms with Crippen molar-refractivity contribution in [3.8, 4) is 11.5 Å². The maximum Gasteiger partial charge on any atom is 0.244 e. The topological polar surface area (TPSA) is 105 Å². The van der Waals surface area contributed by atoms with Crippen LogP contribution in [-0.2, 0) is 32.8 Å². The molecule has 0 aliphatic rings. The van der Waals surface area contributed by atoms with E-state index in [4.69, 9.17) is 9.47 Å². The van der Waals surface area contributed by atoms with Crippen molar-refractivity contribution in [3.05, 3.63) is 90.0 Å². The zero-order valence-electron chi connectivity index (χ0n) is 23.4. The normalized spacial score (nSPS) is 11.8. The summed E-state index contributed by atoms with van der Waals surface area (Å²) in [6, 6.07) is 22.6. The highest BCUT2D eigenvalue weighted by molar-refractivity contribution is 7.92. The molecule has 0 aromatic heterocycles. The molecule has 214 valence electrons. The predicted molar refractivity (Wildman–Crippen MR) is 156 cm³/mol. The number of anilines is 1. The average molecular weight is 568 g/mol. The lowest BCUT2D eigenvalue weighted by molar-refractivity contribution is -0.140. The van der Waals surface area contributed by atoms with Crippen LogP contribution in [0.25, 0.3) is 0 Å². The number of rotatable bonds is 14. The molecule has 0 aliphatic heterocycles. The first-order valence-corrected chi connectivity index (χ1v) is 15.0. The second-order valence-corrected chi connectivity index (χ2v) is 11.1. The van der Waals surface area contributed by atoms with Crippen LogP contribution in [0.2, 0.25) is 0 Å². The Morgan fingerprint density at radius 1 is 0.900 bits per heavy atom. The molecular weight excluding hydrogens is 530 g/mol. The number of methoxy groups -OCH3 is 1. The van der Waals surface area contributed by atoms with Crippen molar-refractivity contribution >= 4 is 27.5 Å². The lowest BCUT2D eigenvalue weighted by Crippen LogP contribution is -2.52.